The van der Waals surface area contributed by atoms with E-state index in [1.165, 1.54) is 6.42 Å². The Balaban J connectivity index is 1.70. The number of rotatable bonds is 9. The van der Waals surface area contributed by atoms with Gasteiger partial charge in [-0.25, -0.2) is 4.99 Å². The van der Waals surface area contributed by atoms with Gasteiger partial charge in [0.1, 0.15) is 6.10 Å². The molecule has 0 saturated heterocycles. The Labute approximate surface area is 170 Å². The van der Waals surface area contributed by atoms with E-state index in [9.17, 15) is 4.79 Å². The van der Waals surface area contributed by atoms with Crippen molar-refractivity contribution in [1.29, 1.82) is 0 Å². The predicted molar refractivity (Wildman–Crippen MR) is 107 cm³/mol. The van der Waals surface area contributed by atoms with E-state index < -0.39 is 12.4 Å². The average molecular weight is 407 g/mol. The average Bonchev–Trinajstić information content (AvgIpc) is 2.73. The molecule has 1 unspecified atom stereocenters. The van der Waals surface area contributed by atoms with Crippen LogP contribution in [-0.4, -0.2) is 54.0 Å². The van der Waals surface area contributed by atoms with Gasteiger partial charge in [-0.1, -0.05) is 13.3 Å². The molecule has 3 N–H and O–H groups in total. The summed E-state index contributed by atoms with van der Waals surface area (Å²) in [7, 11) is 0. The molecule has 2 aliphatic rings. The van der Waals surface area contributed by atoms with Crippen LogP contribution in [0.2, 0.25) is 0 Å². The van der Waals surface area contributed by atoms with Crippen molar-refractivity contribution >= 4 is 29.1 Å². The Hall–Kier alpha value is -2.46. The first kappa shape index (κ1) is 21.3. The highest BCUT2D eigenvalue weighted by Gasteiger charge is 2.24. The summed E-state index contributed by atoms with van der Waals surface area (Å²) >= 11 is 0. The van der Waals surface area contributed by atoms with Gasteiger partial charge >= 0.3 is 12.4 Å². The molecule has 160 valence electrons. The number of hydrogen-bond acceptors (Lipinski definition) is 10. The molecule has 0 spiro atoms. The van der Waals surface area contributed by atoms with E-state index in [1.54, 1.807) is 13.8 Å². The zero-order valence-electron chi connectivity index (χ0n) is 17.0. The third-order valence-electron chi connectivity index (χ3n) is 4.63. The summed E-state index contributed by atoms with van der Waals surface area (Å²) in [6, 6.07) is 0. The fourth-order valence-electron chi connectivity index (χ4n) is 3.17. The van der Waals surface area contributed by atoms with E-state index in [1.807, 2.05) is 0 Å². The summed E-state index contributed by atoms with van der Waals surface area (Å²) in [5.74, 6) is 0.651. The zero-order valence-corrected chi connectivity index (χ0v) is 17.0. The molecule has 1 saturated carbocycles. The van der Waals surface area contributed by atoms with Gasteiger partial charge in [-0.3, -0.25) is 4.79 Å². The highest BCUT2D eigenvalue weighted by Crippen LogP contribution is 2.37. The number of anilines is 2. The third kappa shape index (κ3) is 6.01. The van der Waals surface area contributed by atoms with Gasteiger partial charge in [0.05, 0.1) is 25.5 Å². The Bertz CT molecular complexity index is 736. The van der Waals surface area contributed by atoms with Crippen molar-refractivity contribution in [2.24, 2.45) is 4.99 Å². The van der Waals surface area contributed by atoms with E-state index in [-0.39, 0.29) is 25.1 Å². The largest absolute Gasteiger partial charge is 0.473 e. The number of esters is 1. The summed E-state index contributed by atoms with van der Waals surface area (Å²) < 4.78 is 22.1. The topological polar surface area (TPSA) is 130 Å². The van der Waals surface area contributed by atoms with Crippen molar-refractivity contribution in [3.05, 3.63) is 0 Å². The van der Waals surface area contributed by atoms with Crippen LogP contribution in [0.4, 0.5) is 17.5 Å². The van der Waals surface area contributed by atoms with Crippen LogP contribution >= 0.6 is 0 Å². The Kier molecular flexibility index (Phi) is 7.59. The van der Waals surface area contributed by atoms with Crippen molar-refractivity contribution < 1.29 is 23.7 Å². The molecule has 1 aliphatic heterocycles. The number of nitrogens with one attached hydrogen (secondary N) is 1. The molecule has 1 aromatic heterocycles. The van der Waals surface area contributed by atoms with Crippen LogP contribution in [-0.2, 0) is 19.0 Å². The highest BCUT2D eigenvalue weighted by molar-refractivity contribution is 5.96. The zero-order chi connectivity index (χ0) is 20.6. The van der Waals surface area contributed by atoms with Gasteiger partial charge in [-0.15, -0.1) is 0 Å². The fraction of sp³-hybridized carbons (Fsp3) is 0.684. The minimum Gasteiger partial charge on any atom is -0.473 e. The smallest absolute Gasteiger partial charge is 0.318 e. The number of carbonyl (C=O) groups excluding carboxylic acids is 1. The summed E-state index contributed by atoms with van der Waals surface area (Å²) in [4.78, 5) is 24.6. The Morgan fingerprint density at radius 2 is 2.00 bits per heavy atom. The summed E-state index contributed by atoms with van der Waals surface area (Å²) in [5.41, 5.74) is 7.02. The summed E-state index contributed by atoms with van der Waals surface area (Å²) in [6.45, 7) is 3.30. The molecule has 2 heterocycles. The maximum absolute atomic E-state index is 11.5. The van der Waals surface area contributed by atoms with Crippen LogP contribution in [0.3, 0.4) is 0 Å². The predicted octanol–water partition coefficient (Wildman–Crippen LogP) is 2.56. The number of hydrogen-bond donors (Lipinski definition) is 2. The van der Waals surface area contributed by atoms with E-state index in [0.29, 0.717) is 36.2 Å². The fourth-order valence-corrected chi connectivity index (χ4v) is 3.17. The van der Waals surface area contributed by atoms with E-state index in [4.69, 9.17) is 24.7 Å². The van der Waals surface area contributed by atoms with Gasteiger partial charge < -0.3 is 30.0 Å². The minimum absolute atomic E-state index is 0.106. The maximum Gasteiger partial charge on any atom is 0.318 e. The summed E-state index contributed by atoms with van der Waals surface area (Å²) in [5, 5.41) is 3.17. The van der Waals surface area contributed by atoms with Crippen LogP contribution < -0.4 is 15.8 Å². The lowest BCUT2D eigenvalue weighted by Gasteiger charge is -2.25. The molecular formula is C19H29N5O5. The molecule has 0 amide bonds. The van der Waals surface area contributed by atoms with Crippen LogP contribution in [0, 0.1) is 0 Å². The first-order valence-electron chi connectivity index (χ1n) is 10.2. The minimum atomic E-state index is -1.07. The van der Waals surface area contributed by atoms with Crippen molar-refractivity contribution in [1.82, 2.24) is 9.97 Å². The van der Waals surface area contributed by atoms with E-state index in [2.05, 4.69) is 20.3 Å². The van der Waals surface area contributed by atoms with Gasteiger partial charge in [0, 0.05) is 6.42 Å². The number of aromatic nitrogens is 2. The normalized spacial score (nSPS) is 17.7. The first-order chi connectivity index (χ1) is 14.1. The van der Waals surface area contributed by atoms with E-state index in [0.717, 1.165) is 25.7 Å². The molecular weight excluding hydrogens is 378 g/mol. The number of aliphatic imine (C=N–C) groups is 1. The summed E-state index contributed by atoms with van der Waals surface area (Å²) in [6.07, 6.45) is 5.84. The molecule has 10 nitrogen and oxygen atoms in total. The molecule has 1 fully saturated rings. The van der Waals surface area contributed by atoms with Gasteiger partial charge in [0.25, 0.3) is 0 Å². The molecule has 1 atom stereocenters. The molecule has 1 aliphatic carbocycles. The molecule has 3 rings (SSSR count). The lowest BCUT2D eigenvalue weighted by atomic mass is 9.98. The SMILES string of the molecule is CCOC(OCC1=Nc2c(nc(N)nc2OC2CCCCC2)NC1)OC(=O)CC. The standard InChI is InChI=1S/C19H29N5O5/c1-3-14(25)29-19(26-4-2)27-11-12-10-21-16-15(22-12)17(24-18(20)23-16)28-13-8-6-5-7-9-13/h13,19H,3-11H2,1-2H3,(H3,20,21,23,24). The second-order valence-corrected chi connectivity index (χ2v) is 6.89. The second-order valence-electron chi connectivity index (χ2n) is 6.89. The first-order valence-corrected chi connectivity index (χ1v) is 10.2. The number of fused-ring (bicyclic) bond motifs is 1. The lowest BCUT2D eigenvalue weighted by Crippen LogP contribution is -2.30. The van der Waals surface area contributed by atoms with E-state index >= 15 is 0 Å². The van der Waals surface area contributed by atoms with Crippen LogP contribution in [0.1, 0.15) is 52.4 Å². The monoisotopic (exact) mass is 407 g/mol. The molecule has 0 radical (unpaired) electrons. The van der Waals surface area contributed by atoms with Gasteiger partial charge in [-0.2, -0.15) is 9.97 Å². The van der Waals surface area contributed by atoms with Crippen molar-refractivity contribution in [3.63, 3.8) is 0 Å². The van der Waals surface area contributed by atoms with Gasteiger partial charge in [0.15, 0.2) is 11.5 Å². The highest BCUT2D eigenvalue weighted by atomic mass is 16.9. The van der Waals surface area contributed by atoms with Crippen LogP contribution in [0.15, 0.2) is 4.99 Å². The van der Waals surface area contributed by atoms with Crippen LogP contribution in [0.5, 0.6) is 5.88 Å². The number of carbonyl (C=O) groups is 1. The quantitative estimate of drug-likeness (QED) is 0.468. The third-order valence-corrected chi connectivity index (χ3v) is 4.63. The number of nitrogens with two attached hydrogens (primary N) is 1. The number of nitrogen functional groups attached to an aromatic ring is 1. The van der Waals surface area contributed by atoms with Crippen LogP contribution in [0.25, 0.3) is 0 Å². The van der Waals surface area contributed by atoms with Crippen molar-refractivity contribution in [2.75, 3.05) is 30.8 Å². The molecule has 10 heteroatoms. The number of nitrogens with zero attached hydrogens (tertiary/aromatic N) is 3. The Morgan fingerprint density at radius 1 is 1.21 bits per heavy atom. The molecule has 1 aromatic rings. The van der Waals surface area contributed by atoms with Gasteiger partial charge in [0.2, 0.25) is 11.8 Å². The molecule has 29 heavy (non-hydrogen) atoms. The van der Waals surface area contributed by atoms with Crippen molar-refractivity contribution in [2.45, 2.75) is 65.0 Å². The number of ether oxygens (including phenoxy) is 4. The Morgan fingerprint density at radius 3 is 2.72 bits per heavy atom. The van der Waals surface area contributed by atoms with Gasteiger partial charge in [-0.05, 0) is 32.6 Å². The lowest BCUT2D eigenvalue weighted by molar-refractivity contribution is -0.268. The second kappa shape index (κ2) is 10.4. The molecule has 0 bridgehead atoms. The van der Waals surface area contributed by atoms with Crippen molar-refractivity contribution in [3.8, 4) is 5.88 Å². The molecule has 0 aromatic carbocycles. The maximum atomic E-state index is 11.5.